The van der Waals surface area contributed by atoms with E-state index in [1.165, 1.54) is 23.0 Å². The molecule has 0 saturated carbocycles. The first-order chi connectivity index (χ1) is 23.3. The van der Waals surface area contributed by atoms with Gasteiger partial charge in [0.25, 0.3) is 18.8 Å². The lowest BCUT2D eigenvalue weighted by Gasteiger charge is -2.32. The van der Waals surface area contributed by atoms with Gasteiger partial charge in [0.1, 0.15) is 6.54 Å². The normalized spacial score (nSPS) is 14.2. The van der Waals surface area contributed by atoms with Crippen LogP contribution < -0.4 is 21.3 Å². The molecule has 4 aromatic rings. The fourth-order valence-corrected chi connectivity index (χ4v) is 5.23. The van der Waals surface area contributed by atoms with E-state index in [9.17, 15) is 36.6 Å². The number of fused-ring (bicyclic) bond motifs is 1. The molecule has 19 heteroatoms. The summed E-state index contributed by atoms with van der Waals surface area (Å²) in [4.78, 5) is 42.1. The van der Waals surface area contributed by atoms with E-state index in [1.807, 2.05) is 6.92 Å². The highest BCUT2D eigenvalue weighted by Gasteiger charge is 2.38. The molecule has 1 saturated heterocycles. The summed E-state index contributed by atoms with van der Waals surface area (Å²) in [6.07, 6.45) is -1.50. The van der Waals surface area contributed by atoms with Crippen molar-refractivity contribution in [3.05, 3.63) is 59.8 Å². The number of carbonyl (C=O) groups excluding carboxylic acids is 2. The highest BCUT2D eigenvalue weighted by molar-refractivity contribution is 5.98. The van der Waals surface area contributed by atoms with Crippen LogP contribution in [-0.4, -0.2) is 90.9 Å². The summed E-state index contributed by atoms with van der Waals surface area (Å²) in [6.45, 7) is 1.72. The maximum Gasteiger partial charge on any atom is 0.435 e. The molecule has 1 aliphatic heterocycles. The number of alkyl halides is 5. The zero-order valence-corrected chi connectivity index (χ0v) is 26.1. The van der Waals surface area contributed by atoms with Gasteiger partial charge >= 0.3 is 6.18 Å². The molecular formula is C30H34F5N9O5. The van der Waals surface area contributed by atoms with E-state index in [2.05, 4.69) is 36.3 Å². The second kappa shape index (κ2) is 15.8. The third kappa shape index (κ3) is 9.26. The van der Waals surface area contributed by atoms with Gasteiger partial charge in [-0.1, -0.05) is 6.92 Å². The molecule has 0 spiro atoms. The van der Waals surface area contributed by atoms with E-state index in [1.54, 1.807) is 18.2 Å². The fourth-order valence-electron chi connectivity index (χ4n) is 5.23. The van der Waals surface area contributed by atoms with Gasteiger partial charge in [0.05, 0.1) is 29.6 Å². The van der Waals surface area contributed by atoms with E-state index in [0.29, 0.717) is 53.8 Å². The number of aliphatic hydroxyl groups is 1. The maximum absolute atomic E-state index is 13.7. The Kier molecular flexibility index (Phi) is 11.8. The van der Waals surface area contributed by atoms with Crippen molar-refractivity contribution >= 4 is 35.4 Å². The average Bonchev–Trinajstić information content (AvgIpc) is 3.68. The summed E-state index contributed by atoms with van der Waals surface area (Å²) in [5.74, 6) is -0.711. The third-order valence-electron chi connectivity index (χ3n) is 7.61. The lowest BCUT2D eigenvalue weighted by Crippen LogP contribution is -2.51. The van der Waals surface area contributed by atoms with Crippen LogP contribution in [0.2, 0.25) is 0 Å². The van der Waals surface area contributed by atoms with Crippen molar-refractivity contribution in [2.45, 2.75) is 50.9 Å². The summed E-state index contributed by atoms with van der Waals surface area (Å²) in [7, 11) is 0. The number of halogens is 5. The number of anilines is 2. The average molecular weight is 696 g/mol. The Labute approximate surface area is 275 Å². The predicted molar refractivity (Wildman–Crippen MR) is 165 cm³/mol. The Bertz CT molecular complexity index is 1770. The lowest BCUT2D eigenvalue weighted by atomic mass is 9.92. The van der Waals surface area contributed by atoms with Crippen LogP contribution >= 0.6 is 0 Å². The van der Waals surface area contributed by atoms with Crippen LogP contribution in [0.1, 0.15) is 41.4 Å². The van der Waals surface area contributed by atoms with Gasteiger partial charge in [-0.25, -0.2) is 18.7 Å². The van der Waals surface area contributed by atoms with E-state index in [0.717, 1.165) is 6.20 Å². The van der Waals surface area contributed by atoms with Crippen molar-refractivity contribution in [1.82, 2.24) is 40.1 Å². The molecule has 1 aromatic carbocycles. The number of aromatic nitrogens is 5. The summed E-state index contributed by atoms with van der Waals surface area (Å²) in [6, 6.07) is 4.87. The highest BCUT2D eigenvalue weighted by Crippen LogP contribution is 2.37. The van der Waals surface area contributed by atoms with Gasteiger partial charge in [-0.15, -0.1) is 0 Å². The zero-order valence-electron chi connectivity index (χ0n) is 26.1. The van der Waals surface area contributed by atoms with E-state index in [4.69, 9.17) is 9.90 Å². The van der Waals surface area contributed by atoms with Crippen LogP contribution in [0.5, 0.6) is 0 Å². The number of piperidine rings is 1. The standard InChI is InChI=1S/C29H32F5N9O3.CH2O2/c1-2-17-11-18(3-4-19(17)27(45)38-13-23(44)39-16-28(46)5-7-35-8-6-28)40-25-26-37-12-21(43(26)10-9-36-25)20-14-42(15-22(30)31)41-24(20)29(32,33)34;2-1-3/h3-4,9-12,14,22,35,46H,2,5-8,13,15-16H2,1H3,(H,36,40)(H,38,45)(H,39,44);1H,(H,2,3). The molecule has 14 nitrogen and oxygen atoms in total. The Morgan fingerprint density at radius 1 is 1.16 bits per heavy atom. The molecule has 0 radical (unpaired) electrons. The highest BCUT2D eigenvalue weighted by atomic mass is 19.4. The summed E-state index contributed by atoms with van der Waals surface area (Å²) in [5.41, 5.74) is -1.09. The number of rotatable bonds is 11. The van der Waals surface area contributed by atoms with Crippen LogP contribution in [0.4, 0.5) is 33.5 Å². The maximum atomic E-state index is 13.7. The molecule has 5 rings (SSSR count). The number of nitrogens with one attached hydrogen (secondary N) is 4. The fraction of sp³-hybridized carbons (Fsp3) is 0.400. The van der Waals surface area contributed by atoms with Gasteiger partial charge in [-0.3, -0.25) is 23.5 Å². The molecule has 3 aromatic heterocycles. The number of carbonyl (C=O) groups is 3. The molecule has 49 heavy (non-hydrogen) atoms. The number of amides is 2. The molecule has 0 bridgehead atoms. The summed E-state index contributed by atoms with van der Waals surface area (Å²) in [5, 5.41) is 32.2. The van der Waals surface area contributed by atoms with E-state index in [-0.39, 0.29) is 36.7 Å². The molecule has 2 amide bonds. The smallest absolute Gasteiger partial charge is 0.435 e. The minimum Gasteiger partial charge on any atom is -0.483 e. The predicted octanol–water partition coefficient (Wildman–Crippen LogP) is 2.84. The lowest BCUT2D eigenvalue weighted by molar-refractivity contribution is -0.141. The SMILES string of the molecule is CCc1cc(Nc2nccn3c(-c4cn(CC(F)F)nc4C(F)(F)F)cnc23)ccc1C(=O)NCC(=O)NCC1(O)CCNCC1.O=CO. The van der Waals surface area contributed by atoms with Gasteiger partial charge in [0, 0.05) is 36.4 Å². The first kappa shape index (κ1) is 36.7. The van der Waals surface area contributed by atoms with Crippen molar-refractivity contribution in [2.24, 2.45) is 0 Å². The molecular weight excluding hydrogens is 661 g/mol. The number of hydrogen-bond donors (Lipinski definition) is 6. The zero-order chi connectivity index (χ0) is 35.8. The topological polar surface area (TPSA) is 188 Å². The molecule has 264 valence electrons. The van der Waals surface area contributed by atoms with Gasteiger partial charge in [0.2, 0.25) is 5.91 Å². The van der Waals surface area contributed by atoms with Crippen molar-refractivity contribution in [3.63, 3.8) is 0 Å². The molecule has 4 heterocycles. The second-order valence-corrected chi connectivity index (χ2v) is 11.0. The Balaban J connectivity index is 0.00000174. The minimum absolute atomic E-state index is 0.0245. The first-order valence-electron chi connectivity index (χ1n) is 15.0. The number of benzene rings is 1. The Hall–Kier alpha value is -5.17. The van der Waals surface area contributed by atoms with Gasteiger partial charge < -0.3 is 31.5 Å². The van der Waals surface area contributed by atoms with Crippen LogP contribution in [-0.2, 0) is 28.7 Å². The largest absolute Gasteiger partial charge is 0.483 e. The van der Waals surface area contributed by atoms with Crippen LogP contribution in [0, 0.1) is 0 Å². The van der Waals surface area contributed by atoms with Gasteiger partial charge in [-0.2, -0.15) is 18.3 Å². The monoisotopic (exact) mass is 695 g/mol. The number of nitrogens with zero attached hydrogens (tertiary/aromatic N) is 5. The Morgan fingerprint density at radius 2 is 1.88 bits per heavy atom. The van der Waals surface area contributed by atoms with Crippen molar-refractivity contribution in [1.29, 1.82) is 0 Å². The molecule has 0 atom stereocenters. The van der Waals surface area contributed by atoms with Gasteiger partial charge in [-0.05, 0) is 56.1 Å². The van der Waals surface area contributed by atoms with Crippen molar-refractivity contribution in [2.75, 3.05) is 31.5 Å². The molecule has 6 N–H and O–H groups in total. The second-order valence-electron chi connectivity index (χ2n) is 11.0. The number of carboxylic acid groups (broad SMARTS) is 1. The third-order valence-corrected chi connectivity index (χ3v) is 7.61. The quantitative estimate of drug-likeness (QED) is 0.101. The van der Waals surface area contributed by atoms with Gasteiger partial charge in [0.15, 0.2) is 17.2 Å². The van der Waals surface area contributed by atoms with E-state index < -0.39 is 47.8 Å². The Morgan fingerprint density at radius 3 is 2.53 bits per heavy atom. The number of aryl methyl sites for hydroxylation is 1. The van der Waals surface area contributed by atoms with Crippen molar-refractivity contribution in [3.8, 4) is 11.3 Å². The molecule has 1 fully saturated rings. The van der Waals surface area contributed by atoms with Crippen LogP contribution in [0.15, 0.2) is 43.0 Å². The van der Waals surface area contributed by atoms with Crippen LogP contribution in [0.25, 0.3) is 16.9 Å². The van der Waals surface area contributed by atoms with E-state index >= 15 is 0 Å². The summed E-state index contributed by atoms with van der Waals surface area (Å²) >= 11 is 0. The molecule has 0 aliphatic carbocycles. The van der Waals surface area contributed by atoms with Crippen molar-refractivity contribution < 1.29 is 46.5 Å². The molecule has 1 aliphatic rings. The van der Waals surface area contributed by atoms with Crippen LogP contribution in [0.3, 0.4) is 0 Å². The number of hydrogen-bond acceptors (Lipinski definition) is 9. The number of imidazole rings is 1. The first-order valence-corrected chi connectivity index (χ1v) is 15.0. The summed E-state index contributed by atoms with van der Waals surface area (Å²) < 4.78 is 68.9. The minimum atomic E-state index is -4.90. The molecule has 0 unspecified atom stereocenters.